The lowest BCUT2D eigenvalue weighted by Gasteiger charge is -2.09. The molecule has 0 radical (unpaired) electrons. The molecular formula is C13H20N4O2S. The molecule has 1 unspecified atom stereocenters. The minimum Gasteiger partial charge on any atom is -0.352 e. The zero-order valence-electron chi connectivity index (χ0n) is 11.7. The van der Waals surface area contributed by atoms with Crippen molar-refractivity contribution in [1.29, 1.82) is 0 Å². The van der Waals surface area contributed by atoms with E-state index in [4.69, 9.17) is 0 Å². The summed E-state index contributed by atoms with van der Waals surface area (Å²) < 4.78 is 26.0. The van der Waals surface area contributed by atoms with Gasteiger partial charge in [0.2, 0.25) is 10.0 Å². The first-order chi connectivity index (χ1) is 9.51. The molecule has 1 atom stereocenters. The summed E-state index contributed by atoms with van der Waals surface area (Å²) in [6.45, 7) is 5.60. The Morgan fingerprint density at radius 2 is 2.05 bits per heavy atom. The van der Waals surface area contributed by atoms with E-state index in [2.05, 4.69) is 27.3 Å². The summed E-state index contributed by atoms with van der Waals surface area (Å²) in [5, 5.41) is 6.39. The van der Waals surface area contributed by atoms with Gasteiger partial charge in [-0.25, -0.2) is 13.1 Å². The third-order valence-corrected chi connectivity index (χ3v) is 4.50. The third kappa shape index (κ3) is 3.71. The summed E-state index contributed by atoms with van der Waals surface area (Å²) in [5.41, 5.74) is 1.00. The molecule has 6 nitrogen and oxygen atoms in total. The van der Waals surface area contributed by atoms with Gasteiger partial charge in [0.25, 0.3) is 0 Å². The number of sulfonamides is 1. The molecule has 0 spiro atoms. The normalized spacial score (nSPS) is 18.5. The van der Waals surface area contributed by atoms with Gasteiger partial charge in [-0.15, -0.1) is 0 Å². The molecule has 0 bridgehead atoms. The number of guanidine groups is 1. The Labute approximate surface area is 119 Å². The number of nitrogens with one attached hydrogen (secondary N) is 3. The molecule has 2 rings (SSSR count). The Balaban J connectivity index is 1.95. The fourth-order valence-corrected chi connectivity index (χ4v) is 2.95. The van der Waals surface area contributed by atoms with Crippen molar-refractivity contribution in [3.8, 4) is 0 Å². The van der Waals surface area contributed by atoms with Crippen LogP contribution in [0, 0.1) is 0 Å². The Bertz CT molecular complexity index is 581. The summed E-state index contributed by atoms with van der Waals surface area (Å²) in [6, 6.07) is 7.19. The van der Waals surface area contributed by atoms with Gasteiger partial charge in [0.05, 0.1) is 11.4 Å². The standard InChI is InChI=1S/C13H20N4O2S/c1-3-16-20(18,19)12-6-4-11(5-7-12)9-15-13-14-8-10(2)17-13/h4-7,10,16H,3,8-9H2,1-2H3,(H2,14,15,17). The van der Waals surface area contributed by atoms with Gasteiger partial charge in [0.1, 0.15) is 0 Å². The molecule has 20 heavy (non-hydrogen) atoms. The van der Waals surface area contributed by atoms with Crippen molar-refractivity contribution in [3.63, 3.8) is 0 Å². The zero-order chi connectivity index (χ0) is 14.6. The van der Waals surface area contributed by atoms with Crippen LogP contribution in [0.15, 0.2) is 34.2 Å². The first-order valence-corrected chi connectivity index (χ1v) is 8.13. The lowest BCUT2D eigenvalue weighted by atomic mass is 10.2. The molecule has 0 saturated heterocycles. The molecular weight excluding hydrogens is 276 g/mol. The van der Waals surface area contributed by atoms with Crippen LogP contribution < -0.4 is 15.4 Å². The lowest BCUT2D eigenvalue weighted by Crippen LogP contribution is -2.37. The summed E-state index contributed by atoms with van der Waals surface area (Å²) >= 11 is 0. The van der Waals surface area contributed by atoms with Gasteiger partial charge in [-0.3, -0.25) is 4.99 Å². The van der Waals surface area contributed by atoms with Gasteiger partial charge in [0.15, 0.2) is 5.96 Å². The highest BCUT2D eigenvalue weighted by atomic mass is 32.2. The molecule has 1 aliphatic rings. The second-order valence-corrected chi connectivity index (χ2v) is 6.50. The number of aliphatic imine (C=N–C) groups is 1. The average Bonchev–Trinajstić information content (AvgIpc) is 2.83. The molecule has 1 heterocycles. The number of hydrogen-bond donors (Lipinski definition) is 3. The second-order valence-electron chi connectivity index (χ2n) is 4.73. The lowest BCUT2D eigenvalue weighted by molar-refractivity contribution is 0.584. The van der Waals surface area contributed by atoms with Crippen molar-refractivity contribution in [2.75, 3.05) is 13.1 Å². The molecule has 1 aromatic carbocycles. The predicted octanol–water partition coefficient (Wildman–Crippen LogP) is 0.422. The van der Waals surface area contributed by atoms with E-state index in [0.717, 1.165) is 18.1 Å². The van der Waals surface area contributed by atoms with Gasteiger partial charge in [-0.1, -0.05) is 19.1 Å². The molecule has 0 aliphatic carbocycles. The minimum absolute atomic E-state index is 0.285. The van der Waals surface area contributed by atoms with E-state index >= 15 is 0 Å². The van der Waals surface area contributed by atoms with Gasteiger partial charge < -0.3 is 10.6 Å². The zero-order valence-corrected chi connectivity index (χ0v) is 12.5. The van der Waals surface area contributed by atoms with Crippen molar-refractivity contribution in [2.24, 2.45) is 4.99 Å². The van der Waals surface area contributed by atoms with Gasteiger partial charge in [-0.05, 0) is 24.6 Å². The fourth-order valence-electron chi connectivity index (χ4n) is 1.91. The fraction of sp³-hybridized carbons (Fsp3) is 0.462. The van der Waals surface area contributed by atoms with E-state index in [1.165, 1.54) is 0 Å². The van der Waals surface area contributed by atoms with E-state index in [1.807, 2.05) is 0 Å². The largest absolute Gasteiger partial charge is 0.352 e. The Hall–Kier alpha value is -1.60. The van der Waals surface area contributed by atoms with E-state index in [-0.39, 0.29) is 4.90 Å². The third-order valence-electron chi connectivity index (χ3n) is 2.93. The molecule has 3 N–H and O–H groups in total. The first kappa shape index (κ1) is 14.8. The summed E-state index contributed by atoms with van der Waals surface area (Å²) in [6.07, 6.45) is 0. The molecule has 0 fully saturated rings. The van der Waals surface area contributed by atoms with Gasteiger partial charge in [-0.2, -0.15) is 0 Å². The number of benzene rings is 1. The summed E-state index contributed by atoms with van der Waals surface area (Å²) in [4.78, 5) is 4.59. The summed E-state index contributed by atoms with van der Waals surface area (Å²) in [7, 11) is -3.37. The monoisotopic (exact) mass is 296 g/mol. The van der Waals surface area contributed by atoms with Crippen LogP contribution in [-0.2, 0) is 16.6 Å². The molecule has 1 aromatic rings. The summed E-state index contributed by atoms with van der Waals surface area (Å²) in [5.74, 6) is 0.793. The molecule has 1 aliphatic heterocycles. The maximum Gasteiger partial charge on any atom is 0.240 e. The number of rotatable bonds is 5. The average molecular weight is 296 g/mol. The van der Waals surface area contributed by atoms with Crippen LogP contribution in [0.4, 0.5) is 0 Å². The van der Waals surface area contributed by atoms with Crippen LogP contribution in [0.3, 0.4) is 0 Å². The van der Waals surface area contributed by atoms with Crippen molar-refractivity contribution in [3.05, 3.63) is 29.8 Å². The molecule has 0 saturated carbocycles. The molecule has 110 valence electrons. The van der Waals surface area contributed by atoms with Crippen LogP contribution in [0.2, 0.25) is 0 Å². The van der Waals surface area contributed by atoms with Crippen LogP contribution in [0.1, 0.15) is 19.4 Å². The highest BCUT2D eigenvalue weighted by Crippen LogP contribution is 2.10. The van der Waals surface area contributed by atoms with Crippen molar-refractivity contribution in [2.45, 2.75) is 31.3 Å². The molecule has 0 amide bonds. The van der Waals surface area contributed by atoms with Crippen molar-refractivity contribution in [1.82, 2.24) is 15.4 Å². The van der Waals surface area contributed by atoms with Gasteiger partial charge >= 0.3 is 0 Å². The quantitative estimate of drug-likeness (QED) is 0.735. The smallest absolute Gasteiger partial charge is 0.240 e. The van der Waals surface area contributed by atoms with Gasteiger partial charge in [0, 0.05) is 19.1 Å². The Morgan fingerprint density at radius 1 is 1.35 bits per heavy atom. The number of hydrogen-bond acceptors (Lipinski definition) is 5. The van der Waals surface area contributed by atoms with Crippen molar-refractivity contribution < 1.29 is 8.42 Å². The van der Waals surface area contributed by atoms with E-state index < -0.39 is 10.0 Å². The topological polar surface area (TPSA) is 82.6 Å². The SMILES string of the molecule is CCNS(=O)(=O)c1ccc(CNC2=NCC(C)N2)cc1. The van der Waals surface area contributed by atoms with Crippen LogP contribution >= 0.6 is 0 Å². The molecule has 0 aromatic heterocycles. The number of nitrogens with zero attached hydrogens (tertiary/aromatic N) is 1. The predicted molar refractivity (Wildman–Crippen MR) is 79.0 cm³/mol. The Morgan fingerprint density at radius 3 is 2.60 bits per heavy atom. The maximum atomic E-state index is 11.8. The van der Waals surface area contributed by atoms with E-state index in [1.54, 1.807) is 31.2 Å². The van der Waals surface area contributed by atoms with Crippen LogP contribution in [0.25, 0.3) is 0 Å². The Kier molecular flexibility index (Phi) is 4.61. The van der Waals surface area contributed by atoms with E-state index in [0.29, 0.717) is 19.1 Å². The highest BCUT2D eigenvalue weighted by molar-refractivity contribution is 7.89. The second kappa shape index (κ2) is 6.23. The van der Waals surface area contributed by atoms with Crippen LogP contribution in [0.5, 0.6) is 0 Å². The highest BCUT2D eigenvalue weighted by Gasteiger charge is 2.13. The minimum atomic E-state index is -3.37. The van der Waals surface area contributed by atoms with E-state index in [9.17, 15) is 8.42 Å². The molecule has 7 heteroatoms. The van der Waals surface area contributed by atoms with Crippen LogP contribution in [-0.4, -0.2) is 33.5 Å². The van der Waals surface area contributed by atoms with Crippen molar-refractivity contribution >= 4 is 16.0 Å². The maximum absolute atomic E-state index is 11.8. The first-order valence-electron chi connectivity index (χ1n) is 6.64.